The Morgan fingerprint density at radius 2 is 2.28 bits per heavy atom. The van der Waals surface area contributed by atoms with E-state index in [0.29, 0.717) is 18.0 Å². The van der Waals surface area contributed by atoms with Crippen LogP contribution in [0.15, 0.2) is 22.8 Å². The Hall–Kier alpha value is -0.800. The molecule has 0 radical (unpaired) electrons. The molecule has 0 aliphatic heterocycles. The van der Waals surface area contributed by atoms with E-state index in [0.717, 1.165) is 30.6 Å². The maximum absolute atomic E-state index is 6.33. The zero-order chi connectivity index (χ0) is 12.5. The van der Waals surface area contributed by atoms with Gasteiger partial charge in [-0.3, -0.25) is 0 Å². The SMILES string of the molecule is CC(Cc1ccco1)NCC1C2CCC(C2)C1N. The Bertz CT molecular complexity index is 374. The van der Waals surface area contributed by atoms with Crippen molar-refractivity contribution in [1.29, 1.82) is 0 Å². The van der Waals surface area contributed by atoms with E-state index in [9.17, 15) is 0 Å². The van der Waals surface area contributed by atoms with Crippen LogP contribution < -0.4 is 11.1 Å². The zero-order valence-corrected chi connectivity index (χ0v) is 11.1. The number of nitrogens with two attached hydrogens (primary N) is 1. The van der Waals surface area contributed by atoms with Gasteiger partial charge in [0, 0.05) is 18.5 Å². The highest BCUT2D eigenvalue weighted by Gasteiger charge is 2.45. The van der Waals surface area contributed by atoms with Crippen LogP contribution in [0.2, 0.25) is 0 Å². The van der Waals surface area contributed by atoms with Crippen LogP contribution in [-0.2, 0) is 6.42 Å². The monoisotopic (exact) mass is 248 g/mol. The van der Waals surface area contributed by atoms with Gasteiger partial charge >= 0.3 is 0 Å². The molecule has 5 unspecified atom stereocenters. The van der Waals surface area contributed by atoms with Crippen molar-refractivity contribution < 1.29 is 4.42 Å². The van der Waals surface area contributed by atoms with Crippen LogP contribution in [-0.4, -0.2) is 18.6 Å². The largest absolute Gasteiger partial charge is 0.469 e. The number of nitrogens with one attached hydrogen (secondary N) is 1. The molecule has 5 atom stereocenters. The third-order valence-electron chi connectivity index (χ3n) is 4.95. The topological polar surface area (TPSA) is 51.2 Å². The van der Waals surface area contributed by atoms with Crippen LogP contribution in [0.5, 0.6) is 0 Å². The van der Waals surface area contributed by atoms with Crippen LogP contribution >= 0.6 is 0 Å². The first-order valence-electron chi connectivity index (χ1n) is 7.25. The molecule has 2 aliphatic carbocycles. The lowest BCUT2D eigenvalue weighted by Gasteiger charge is -2.29. The number of rotatable bonds is 5. The summed E-state index contributed by atoms with van der Waals surface area (Å²) < 4.78 is 5.38. The van der Waals surface area contributed by atoms with Crippen LogP contribution in [0.3, 0.4) is 0 Å². The number of fused-ring (bicyclic) bond motifs is 2. The van der Waals surface area contributed by atoms with Crippen molar-refractivity contribution >= 4 is 0 Å². The van der Waals surface area contributed by atoms with Crippen molar-refractivity contribution in [2.75, 3.05) is 6.54 Å². The van der Waals surface area contributed by atoms with E-state index in [4.69, 9.17) is 10.2 Å². The smallest absolute Gasteiger partial charge is 0.105 e. The minimum atomic E-state index is 0.437. The van der Waals surface area contributed by atoms with Crippen molar-refractivity contribution in [2.24, 2.45) is 23.5 Å². The summed E-state index contributed by atoms with van der Waals surface area (Å²) in [5, 5.41) is 3.64. The molecule has 3 nitrogen and oxygen atoms in total. The Labute approximate surface area is 109 Å². The molecule has 0 amide bonds. The third kappa shape index (κ3) is 2.34. The molecule has 3 N–H and O–H groups in total. The quantitative estimate of drug-likeness (QED) is 0.839. The number of hydrogen-bond donors (Lipinski definition) is 2. The summed E-state index contributed by atoms with van der Waals surface area (Å²) in [5.41, 5.74) is 6.33. The fraction of sp³-hybridized carbons (Fsp3) is 0.733. The van der Waals surface area contributed by atoms with E-state index in [1.165, 1.54) is 19.3 Å². The molecule has 0 aromatic carbocycles. The van der Waals surface area contributed by atoms with Crippen molar-refractivity contribution in [3.63, 3.8) is 0 Å². The average Bonchev–Trinajstić information content (AvgIpc) is 3.03. The molecule has 1 aromatic rings. The van der Waals surface area contributed by atoms with Gasteiger partial charge in [0.2, 0.25) is 0 Å². The summed E-state index contributed by atoms with van der Waals surface area (Å²) in [5.74, 6) is 3.45. The first-order valence-corrected chi connectivity index (χ1v) is 7.25. The maximum Gasteiger partial charge on any atom is 0.105 e. The molecule has 100 valence electrons. The van der Waals surface area contributed by atoms with Crippen LogP contribution in [0.4, 0.5) is 0 Å². The van der Waals surface area contributed by atoms with Gasteiger partial charge in [-0.2, -0.15) is 0 Å². The summed E-state index contributed by atoms with van der Waals surface area (Å²) in [6.07, 6.45) is 6.85. The van der Waals surface area contributed by atoms with Gasteiger partial charge in [-0.15, -0.1) is 0 Å². The zero-order valence-electron chi connectivity index (χ0n) is 11.1. The molecule has 0 saturated heterocycles. The highest BCUT2D eigenvalue weighted by atomic mass is 16.3. The van der Waals surface area contributed by atoms with Crippen LogP contribution in [0, 0.1) is 17.8 Å². The minimum Gasteiger partial charge on any atom is -0.469 e. The van der Waals surface area contributed by atoms with Crippen LogP contribution in [0.1, 0.15) is 31.9 Å². The lowest BCUT2D eigenvalue weighted by atomic mass is 9.85. The Morgan fingerprint density at radius 3 is 2.94 bits per heavy atom. The Kier molecular flexibility index (Phi) is 3.44. The fourth-order valence-electron chi connectivity index (χ4n) is 3.90. The summed E-state index contributed by atoms with van der Waals surface area (Å²) >= 11 is 0. The minimum absolute atomic E-state index is 0.437. The van der Waals surface area contributed by atoms with Gasteiger partial charge in [0.25, 0.3) is 0 Å². The molecule has 3 heteroatoms. The molecule has 0 spiro atoms. The first-order chi connectivity index (χ1) is 8.74. The van der Waals surface area contributed by atoms with E-state index in [1.54, 1.807) is 6.26 Å². The molecule has 1 aromatic heterocycles. The molecular formula is C15H24N2O. The molecule has 3 rings (SSSR count). The molecule has 2 aliphatic rings. The highest BCUT2D eigenvalue weighted by Crippen LogP contribution is 2.47. The Balaban J connectivity index is 1.46. The first kappa shape index (κ1) is 12.2. The summed E-state index contributed by atoms with van der Waals surface area (Å²) in [7, 11) is 0. The Morgan fingerprint density at radius 1 is 1.44 bits per heavy atom. The standard InChI is InChI=1S/C15H24N2O/c1-10(7-13-3-2-6-18-13)17-9-14-11-4-5-12(8-11)15(14)16/h2-3,6,10-12,14-15,17H,4-5,7-9,16H2,1H3. The van der Waals surface area contributed by atoms with Gasteiger partial charge in [0.15, 0.2) is 0 Å². The second-order valence-corrected chi connectivity index (χ2v) is 6.17. The average molecular weight is 248 g/mol. The lowest BCUT2D eigenvalue weighted by Crippen LogP contribution is -2.43. The van der Waals surface area contributed by atoms with Gasteiger partial charge < -0.3 is 15.5 Å². The van der Waals surface area contributed by atoms with Crippen molar-refractivity contribution in [3.8, 4) is 0 Å². The normalized spacial score (nSPS) is 36.1. The van der Waals surface area contributed by atoms with E-state index >= 15 is 0 Å². The summed E-state index contributed by atoms with van der Waals surface area (Å²) in [6, 6.07) is 4.89. The second kappa shape index (κ2) is 5.06. The maximum atomic E-state index is 6.33. The molecule has 2 bridgehead atoms. The molecule has 2 fully saturated rings. The molecule has 1 heterocycles. The van der Waals surface area contributed by atoms with Crippen molar-refractivity contribution in [3.05, 3.63) is 24.2 Å². The molecule has 2 saturated carbocycles. The lowest BCUT2D eigenvalue weighted by molar-refractivity contribution is 0.269. The van der Waals surface area contributed by atoms with Gasteiger partial charge in [-0.25, -0.2) is 0 Å². The van der Waals surface area contributed by atoms with Crippen LogP contribution in [0.25, 0.3) is 0 Å². The molecular weight excluding hydrogens is 224 g/mol. The highest BCUT2D eigenvalue weighted by molar-refractivity contribution is 5.02. The third-order valence-corrected chi connectivity index (χ3v) is 4.95. The van der Waals surface area contributed by atoms with E-state index in [1.807, 2.05) is 12.1 Å². The predicted molar refractivity (Wildman–Crippen MR) is 72.2 cm³/mol. The van der Waals surface area contributed by atoms with E-state index in [2.05, 4.69) is 12.2 Å². The van der Waals surface area contributed by atoms with Gasteiger partial charge in [-0.1, -0.05) is 0 Å². The van der Waals surface area contributed by atoms with Crippen molar-refractivity contribution in [2.45, 2.75) is 44.7 Å². The second-order valence-electron chi connectivity index (χ2n) is 6.17. The predicted octanol–water partition coefficient (Wildman–Crippen LogP) is 2.17. The van der Waals surface area contributed by atoms with Gasteiger partial charge in [0.1, 0.15) is 5.76 Å². The van der Waals surface area contributed by atoms with Crippen molar-refractivity contribution in [1.82, 2.24) is 5.32 Å². The number of hydrogen-bond acceptors (Lipinski definition) is 3. The summed E-state index contributed by atoms with van der Waals surface area (Å²) in [4.78, 5) is 0. The fourth-order valence-corrected chi connectivity index (χ4v) is 3.90. The van der Waals surface area contributed by atoms with E-state index in [-0.39, 0.29) is 0 Å². The van der Waals surface area contributed by atoms with Gasteiger partial charge in [0.05, 0.1) is 6.26 Å². The van der Waals surface area contributed by atoms with Gasteiger partial charge in [-0.05, 0) is 62.6 Å². The van der Waals surface area contributed by atoms with E-state index < -0.39 is 0 Å². The summed E-state index contributed by atoms with van der Waals surface area (Å²) in [6.45, 7) is 3.30. The number of furan rings is 1. The molecule has 18 heavy (non-hydrogen) atoms.